The second-order valence-electron chi connectivity index (χ2n) is 9.51. The molecule has 1 unspecified atom stereocenters. The highest BCUT2D eigenvalue weighted by Crippen LogP contribution is 2.26. The van der Waals surface area contributed by atoms with Crippen LogP contribution in [-0.4, -0.2) is 92.5 Å². The van der Waals surface area contributed by atoms with Crippen LogP contribution in [-0.2, 0) is 6.54 Å². The van der Waals surface area contributed by atoms with Gasteiger partial charge < -0.3 is 14.4 Å². The fourth-order valence-electron chi connectivity index (χ4n) is 5.16. The molecule has 3 aromatic rings. The second kappa shape index (κ2) is 9.57. The summed E-state index contributed by atoms with van der Waals surface area (Å²) in [4.78, 5) is 33.5. The molecule has 0 aliphatic carbocycles. The molecule has 8 nitrogen and oxygen atoms in total. The molecule has 5 rings (SSSR count). The van der Waals surface area contributed by atoms with Crippen molar-refractivity contribution in [2.24, 2.45) is 5.92 Å². The van der Waals surface area contributed by atoms with Gasteiger partial charge in [0.15, 0.2) is 5.65 Å². The van der Waals surface area contributed by atoms with E-state index in [4.69, 9.17) is 0 Å². The van der Waals surface area contributed by atoms with E-state index in [1.54, 1.807) is 18.7 Å². The topological polar surface area (TPSA) is 70.4 Å². The molecule has 0 bridgehead atoms. The van der Waals surface area contributed by atoms with Gasteiger partial charge in [-0.25, -0.2) is 9.97 Å². The standard InChI is InChI=1S/C25H33N7O/c1-19(30-12-10-29(2)11-13-30)21-5-8-31(9-6-21)25(33)22-14-23-24(27-16-22)32(18-28-23)17-20-4-3-7-26-15-20/h3-4,7,14-16,18-19,21H,5-6,8-13,17H2,1-2H3. The largest absolute Gasteiger partial charge is 0.339 e. The van der Waals surface area contributed by atoms with Gasteiger partial charge in [-0.15, -0.1) is 0 Å². The molecule has 5 heterocycles. The molecule has 2 saturated heterocycles. The van der Waals surface area contributed by atoms with Crippen LogP contribution in [0.5, 0.6) is 0 Å². The normalized spacial score (nSPS) is 19.8. The number of hydrogen-bond acceptors (Lipinski definition) is 6. The SMILES string of the molecule is CC(C1CCN(C(=O)c2cnc3c(c2)ncn3Cc2cccnc2)CC1)N1CCN(C)CC1. The summed E-state index contributed by atoms with van der Waals surface area (Å²) >= 11 is 0. The predicted molar refractivity (Wildman–Crippen MR) is 128 cm³/mol. The zero-order valence-corrected chi connectivity index (χ0v) is 19.6. The number of amides is 1. The summed E-state index contributed by atoms with van der Waals surface area (Å²) in [6.45, 7) is 9.25. The minimum Gasteiger partial charge on any atom is -0.339 e. The first-order chi connectivity index (χ1) is 16.1. The first-order valence-corrected chi connectivity index (χ1v) is 12.0. The van der Waals surface area contributed by atoms with E-state index in [1.165, 1.54) is 0 Å². The molecule has 0 saturated carbocycles. The van der Waals surface area contributed by atoms with Crippen LogP contribution in [0, 0.1) is 5.92 Å². The van der Waals surface area contributed by atoms with E-state index in [0.717, 1.165) is 68.8 Å². The number of aromatic nitrogens is 4. The molecular weight excluding hydrogens is 414 g/mol. The lowest BCUT2D eigenvalue weighted by molar-refractivity contribution is 0.0500. The van der Waals surface area contributed by atoms with E-state index in [9.17, 15) is 4.79 Å². The van der Waals surface area contributed by atoms with Crippen molar-refractivity contribution in [3.05, 3.63) is 54.2 Å². The van der Waals surface area contributed by atoms with Gasteiger partial charge in [-0.1, -0.05) is 6.07 Å². The maximum atomic E-state index is 13.2. The van der Waals surface area contributed by atoms with Gasteiger partial charge in [-0.2, -0.15) is 0 Å². The maximum Gasteiger partial charge on any atom is 0.255 e. The van der Waals surface area contributed by atoms with Crippen LogP contribution in [0.3, 0.4) is 0 Å². The number of piperazine rings is 1. The third-order valence-corrected chi connectivity index (χ3v) is 7.40. The zero-order valence-electron chi connectivity index (χ0n) is 19.6. The zero-order chi connectivity index (χ0) is 22.8. The molecular formula is C25H33N7O. The fourth-order valence-corrected chi connectivity index (χ4v) is 5.16. The molecule has 2 fully saturated rings. The number of hydrogen-bond donors (Lipinski definition) is 0. The second-order valence-corrected chi connectivity index (χ2v) is 9.51. The van der Waals surface area contributed by atoms with Crippen molar-refractivity contribution in [3.8, 4) is 0 Å². The van der Waals surface area contributed by atoms with E-state index < -0.39 is 0 Å². The van der Waals surface area contributed by atoms with Gasteiger partial charge in [0.2, 0.25) is 0 Å². The summed E-state index contributed by atoms with van der Waals surface area (Å²) in [5.41, 5.74) is 3.26. The van der Waals surface area contributed by atoms with Crippen LogP contribution >= 0.6 is 0 Å². The van der Waals surface area contributed by atoms with E-state index >= 15 is 0 Å². The van der Waals surface area contributed by atoms with E-state index in [0.29, 0.717) is 24.1 Å². The monoisotopic (exact) mass is 447 g/mol. The molecule has 2 aliphatic rings. The number of piperidine rings is 1. The van der Waals surface area contributed by atoms with Gasteiger partial charge in [0, 0.05) is 63.9 Å². The molecule has 174 valence electrons. The molecule has 0 spiro atoms. The molecule has 0 N–H and O–H groups in total. The quantitative estimate of drug-likeness (QED) is 0.598. The number of fused-ring (bicyclic) bond motifs is 1. The van der Waals surface area contributed by atoms with Crippen LogP contribution < -0.4 is 0 Å². The summed E-state index contributed by atoms with van der Waals surface area (Å²) in [6, 6.07) is 6.42. The van der Waals surface area contributed by atoms with Crippen LogP contribution in [0.2, 0.25) is 0 Å². The smallest absolute Gasteiger partial charge is 0.255 e. The Morgan fingerprint density at radius 3 is 2.61 bits per heavy atom. The Kier molecular flexibility index (Phi) is 6.37. The first-order valence-electron chi connectivity index (χ1n) is 12.0. The lowest BCUT2D eigenvalue weighted by Crippen LogP contribution is -2.52. The fraction of sp³-hybridized carbons (Fsp3) is 0.520. The highest BCUT2D eigenvalue weighted by Gasteiger charge is 2.31. The van der Waals surface area contributed by atoms with Crippen molar-refractivity contribution in [3.63, 3.8) is 0 Å². The lowest BCUT2D eigenvalue weighted by atomic mass is 9.89. The molecule has 3 aromatic heterocycles. The Balaban J connectivity index is 1.21. The Morgan fingerprint density at radius 2 is 1.88 bits per heavy atom. The van der Waals surface area contributed by atoms with Crippen LogP contribution in [0.4, 0.5) is 0 Å². The Morgan fingerprint density at radius 1 is 1.09 bits per heavy atom. The highest BCUT2D eigenvalue weighted by molar-refractivity contribution is 5.96. The highest BCUT2D eigenvalue weighted by atomic mass is 16.2. The van der Waals surface area contributed by atoms with Crippen molar-refractivity contribution in [1.82, 2.24) is 34.2 Å². The van der Waals surface area contributed by atoms with Crippen LogP contribution in [0.15, 0.2) is 43.1 Å². The van der Waals surface area contributed by atoms with Gasteiger partial charge in [0.25, 0.3) is 5.91 Å². The van der Waals surface area contributed by atoms with Crippen molar-refractivity contribution in [2.75, 3.05) is 46.3 Å². The van der Waals surface area contributed by atoms with Gasteiger partial charge in [-0.3, -0.25) is 14.7 Å². The summed E-state index contributed by atoms with van der Waals surface area (Å²) in [5.74, 6) is 0.721. The Bertz CT molecular complexity index is 1080. The van der Waals surface area contributed by atoms with Crippen LogP contribution in [0.25, 0.3) is 11.2 Å². The third kappa shape index (κ3) is 4.77. The molecule has 1 atom stereocenters. The predicted octanol–water partition coefficient (Wildman–Crippen LogP) is 2.36. The van der Waals surface area contributed by atoms with Crippen molar-refractivity contribution in [1.29, 1.82) is 0 Å². The third-order valence-electron chi connectivity index (χ3n) is 7.40. The van der Waals surface area contributed by atoms with Crippen LogP contribution in [0.1, 0.15) is 35.7 Å². The van der Waals surface area contributed by atoms with E-state index in [2.05, 4.69) is 38.7 Å². The van der Waals surface area contributed by atoms with Crippen molar-refractivity contribution in [2.45, 2.75) is 32.4 Å². The Hall–Kier alpha value is -2.84. The van der Waals surface area contributed by atoms with E-state index in [1.807, 2.05) is 33.9 Å². The number of rotatable bonds is 5. The summed E-state index contributed by atoms with van der Waals surface area (Å²) in [6.07, 6.45) is 9.22. The average molecular weight is 448 g/mol. The number of carbonyl (C=O) groups is 1. The molecule has 0 aromatic carbocycles. The molecule has 1 amide bonds. The van der Waals surface area contributed by atoms with Crippen molar-refractivity contribution < 1.29 is 4.79 Å². The molecule has 8 heteroatoms. The lowest BCUT2D eigenvalue weighted by Gasteiger charge is -2.42. The van der Waals surface area contributed by atoms with Gasteiger partial charge in [0.05, 0.1) is 18.4 Å². The average Bonchev–Trinajstić information content (AvgIpc) is 3.26. The number of likely N-dealkylation sites (tertiary alicyclic amines) is 1. The van der Waals surface area contributed by atoms with E-state index in [-0.39, 0.29) is 5.91 Å². The number of nitrogens with zero attached hydrogens (tertiary/aromatic N) is 7. The van der Waals surface area contributed by atoms with Gasteiger partial charge in [0.1, 0.15) is 5.52 Å². The van der Waals surface area contributed by atoms with Crippen molar-refractivity contribution >= 4 is 17.1 Å². The minimum atomic E-state index is 0.0666. The summed E-state index contributed by atoms with van der Waals surface area (Å²) in [5, 5.41) is 0. The molecule has 0 radical (unpaired) electrons. The first kappa shape index (κ1) is 22.0. The number of carbonyl (C=O) groups excluding carboxylic acids is 1. The molecule has 2 aliphatic heterocycles. The number of pyridine rings is 2. The summed E-state index contributed by atoms with van der Waals surface area (Å²) < 4.78 is 1.99. The Labute approximate surface area is 195 Å². The molecule has 33 heavy (non-hydrogen) atoms. The van der Waals surface area contributed by atoms with Gasteiger partial charge in [-0.05, 0) is 50.4 Å². The number of likely N-dealkylation sites (N-methyl/N-ethyl adjacent to an activating group) is 1. The minimum absolute atomic E-state index is 0.0666. The van der Waals surface area contributed by atoms with Gasteiger partial charge >= 0.3 is 0 Å². The summed E-state index contributed by atoms with van der Waals surface area (Å²) in [7, 11) is 2.20. The maximum absolute atomic E-state index is 13.2. The number of imidazole rings is 1.